The van der Waals surface area contributed by atoms with Crippen molar-refractivity contribution in [3.8, 4) is 0 Å². The number of ether oxygens (including phenoxy) is 1. The predicted molar refractivity (Wildman–Crippen MR) is 100 cm³/mol. The Labute approximate surface area is 152 Å². The van der Waals surface area contributed by atoms with E-state index in [1.807, 2.05) is 14.1 Å². The van der Waals surface area contributed by atoms with Crippen LogP contribution in [0.2, 0.25) is 0 Å². The van der Waals surface area contributed by atoms with Crippen LogP contribution in [0.4, 0.5) is 0 Å². The molecule has 1 atom stereocenters. The van der Waals surface area contributed by atoms with Crippen LogP contribution in [-0.2, 0) is 11.2 Å². The predicted octanol–water partition coefficient (Wildman–Crippen LogP) is 3.13. The quantitative estimate of drug-likeness (QED) is 0.771. The smallest absolute Gasteiger partial charge is 0.348 e. The van der Waals surface area contributed by atoms with Crippen LogP contribution in [0.15, 0.2) is 36.4 Å². The maximum Gasteiger partial charge on any atom is 0.348 e. The second-order valence-electron chi connectivity index (χ2n) is 5.94. The Bertz CT molecular complexity index is 723. The average molecular weight is 360 g/mol. The number of aryl methyl sites for hydroxylation is 1. The summed E-state index contributed by atoms with van der Waals surface area (Å²) in [6.07, 6.45) is 1.00. The van der Waals surface area contributed by atoms with Gasteiger partial charge < -0.3 is 15.0 Å². The van der Waals surface area contributed by atoms with Crippen LogP contribution in [0.1, 0.15) is 43.4 Å². The van der Waals surface area contributed by atoms with Gasteiger partial charge in [-0.15, -0.1) is 11.3 Å². The molecule has 0 aliphatic carbocycles. The zero-order chi connectivity index (χ0) is 18.4. The van der Waals surface area contributed by atoms with Crippen molar-refractivity contribution in [3.05, 3.63) is 57.3 Å². The number of rotatable bonds is 7. The second-order valence-corrected chi connectivity index (χ2v) is 7.02. The summed E-state index contributed by atoms with van der Waals surface area (Å²) in [5, 5.41) is 2.96. The highest BCUT2D eigenvalue weighted by Gasteiger charge is 2.18. The lowest BCUT2D eigenvalue weighted by molar-refractivity contribution is 0.0606. The number of esters is 1. The molecule has 0 aliphatic heterocycles. The minimum Gasteiger partial charge on any atom is -0.465 e. The molecule has 1 aromatic heterocycles. The van der Waals surface area contributed by atoms with Crippen LogP contribution >= 0.6 is 11.3 Å². The zero-order valence-electron chi connectivity index (χ0n) is 15.0. The average Bonchev–Trinajstić information content (AvgIpc) is 3.11. The van der Waals surface area contributed by atoms with Crippen LogP contribution < -0.4 is 5.32 Å². The van der Waals surface area contributed by atoms with Crippen molar-refractivity contribution in [2.24, 2.45) is 0 Å². The number of thiophene rings is 1. The molecule has 0 aliphatic rings. The van der Waals surface area contributed by atoms with E-state index in [4.69, 9.17) is 0 Å². The van der Waals surface area contributed by atoms with Gasteiger partial charge in [0.05, 0.1) is 18.0 Å². The molecule has 0 fully saturated rings. The topological polar surface area (TPSA) is 58.6 Å². The lowest BCUT2D eigenvalue weighted by atomic mass is 10.0. The Morgan fingerprint density at radius 2 is 1.76 bits per heavy atom. The molecular formula is C19H24N2O3S. The largest absolute Gasteiger partial charge is 0.465 e. The van der Waals surface area contributed by atoms with E-state index >= 15 is 0 Å². The van der Waals surface area contributed by atoms with Crippen LogP contribution in [0, 0.1) is 0 Å². The van der Waals surface area contributed by atoms with Gasteiger partial charge in [0.1, 0.15) is 4.88 Å². The van der Waals surface area contributed by atoms with Gasteiger partial charge in [0.2, 0.25) is 0 Å². The molecule has 6 heteroatoms. The number of hydrogen-bond donors (Lipinski definition) is 1. The maximum absolute atomic E-state index is 12.4. The van der Waals surface area contributed by atoms with Gasteiger partial charge in [0, 0.05) is 6.54 Å². The number of carbonyl (C=O) groups excluding carboxylic acids is 2. The van der Waals surface area contributed by atoms with E-state index in [2.05, 4.69) is 46.1 Å². The van der Waals surface area contributed by atoms with E-state index in [0.717, 1.165) is 23.3 Å². The standard InChI is InChI=1S/C19H24N2O3S/c1-5-13-6-8-14(9-7-13)15(21(2)3)12-20-18(22)16-10-11-17(25-16)19(23)24-4/h6-11,15H,5,12H2,1-4H3,(H,20,22)/t15-/m1/s1. The van der Waals surface area contributed by atoms with Crippen LogP contribution in [0.25, 0.3) is 0 Å². The highest BCUT2D eigenvalue weighted by atomic mass is 32.1. The lowest BCUT2D eigenvalue weighted by Gasteiger charge is -2.25. The third kappa shape index (κ3) is 4.90. The lowest BCUT2D eigenvalue weighted by Crippen LogP contribution is -2.34. The summed E-state index contributed by atoms with van der Waals surface area (Å²) in [7, 11) is 5.31. The Kier molecular flexibility index (Phi) is 6.73. The summed E-state index contributed by atoms with van der Waals surface area (Å²) in [6, 6.07) is 11.8. The van der Waals surface area contributed by atoms with Crippen molar-refractivity contribution >= 4 is 23.2 Å². The van der Waals surface area contributed by atoms with Gasteiger partial charge in [0.15, 0.2) is 0 Å². The normalized spacial score (nSPS) is 12.0. The molecule has 0 saturated heterocycles. The first-order chi connectivity index (χ1) is 12.0. The zero-order valence-corrected chi connectivity index (χ0v) is 15.9. The molecule has 0 unspecified atom stereocenters. The van der Waals surface area contributed by atoms with E-state index < -0.39 is 5.97 Å². The van der Waals surface area contributed by atoms with E-state index in [9.17, 15) is 9.59 Å². The summed E-state index contributed by atoms with van der Waals surface area (Å²) in [6.45, 7) is 2.62. The first-order valence-corrected chi connectivity index (χ1v) is 8.99. The minimum atomic E-state index is -0.425. The van der Waals surface area contributed by atoms with Crippen molar-refractivity contribution in [3.63, 3.8) is 0 Å². The number of nitrogens with one attached hydrogen (secondary N) is 1. The fraction of sp³-hybridized carbons (Fsp3) is 0.368. The number of carbonyl (C=O) groups is 2. The molecule has 134 valence electrons. The third-order valence-corrected chi connectivity index (χ3v) is 5.13. The Morgan fingerprint density at radius 3 is 2.32 bits per heavy atom. The number of nitrogens with zero attached hydrogens (tertiary/aromatic N) is 1. The first kappa shape index (κ1) is 19.1. The SMILES string of the molecule is CCc1ccc([C@@H](CNC(=O)c2ccc(C(=O)OC)s2)N(C)C)cc1. The summed E-state index contributed by atoms with van der Waals surface area (Å²) < 4.78 is 4.67. The van der Waals surface area contributed by atoms with Gasteiger partial charge in [-0.3, -0.25) is 4.79 Å². The van der Waals surface area contributed by atoms with Crippen LogP contribution in [0.5, 0.6) is 0 Å². The van der Waals surface area contributed by atoms with E-state index in [0.29, 0.717) is 16.3 Å². The van der Waals surface area contributed by atoms with E-state index in [1.165, 1.54) is 12.7 Å². The highest BCUT2D eigenvalue weighted by molar-refractivity contribution is 7.15. The molecule has 1 amide bonds. The molecule has 0 radical (unpaired) electrons. The molecule has 0 saturated carbocycles. The molecule has 2 rings (SSSR count). The molecular weight excluding hydrogens is 336 g/mol. The summed E-state index contributed by atoms with van der Waals surface area (Å²) >= 11 is 1.13. The van der Waals surface area contributed by atoms with Gasteiger partial charge in [-0.25, -0.2) is 4.79 Å². The second kappa shape index (κ2) is 8.78. The third-order valence-electron chi connectivity index (χ3n) is 4.07. The van der Waals surface area contributed by atoms with Gasteiger partial charge in [-0.1, -0.05) is 31.2 Å². The molecule has 1 heterocycles. The van der Waals surface area contributed by atoms with Crippen LogP contribution in [-0.4, -0.2) is 44.5 Å². The van der Waals surface area contributed by atoms with Crippen molar-refractivity contribution in [2.45, 2.75) is 19.4 Å². The van der Waals surface area contributed by atoms with Crippen molar-refractivity contribution in [1.29, 1.82) is 0 Å². The molecule has 25 heavy (non-hydrogen) atoms. The summed E-state index contributed by atoms with van der Waals surface area (Å²) in [4.78, 5) is 26.8. The molecule has 1 N–H and O–H groups in total. The van der Waals surface area contributed by atoms with Gasteiger partial charge in [-0.2, -0.15) is 0 Å². The van der Waals surface area contributed by atoms with Crippen LogP contribution in [0.3, 0.4) is 0 Å². The van der Waals surface area contributed by atoms with E-state index in [-0.39, 0.29) is 11.9 Å². The number of amides is 1. The van der Waals surface area contributed by atoms with Crippen molar-refractivity contribution in [1.82, 2.24) is 10.2 Å². The fourth-order valence-corrected chi connectivity index (χ4v) is 3.36. The number of likely N-dealkylation sites (N-methyl/N-ethyl adjacent to an activating group) is 1. The minimum absolute atomic E-state index is 0.0786. The summed E-state index contributed by atoms with van der Waals surface area (Å²) in [5.74, 6) is -0.608. The van der Waals surface area contributed by atoms with Crippen molar-refractivity contribution < 1.29 is 14.3 Å². The highest BCUT2D eigenvalue weighted by Crippen LogP contribution is 2.20. The van der Waals surface area contributed by atoms with Crippen molar-refractivity contribution in [2.75, 3.05) is 27.7 Å². The van der Waals surface area contributed by atoms with Gasteiger partial charge >= 0.3 is 5.97 Å². The first-order valence-electron chi connectivity index (χ1n) is 8.17. The molecule has 2 aromatic rings. The molecule has 1 aromatic carbocycles. The van der Waals surface area contributed by atoms with Gasteiger partial charge in [0.25, 0.3) is 5.91 Å². The Hall–Kier alpha value is -2.18. The Morgan fingerprint density at radius 1 is 1.12 bits per heavy atom. The van der Waals surface area contributed by atoms with E-state index in [1.54, 1.807) is 12.1 Å². The monoisotopic (exact) mass is 360 g/mol. The Balaban J connectivity index is 2.03. The number of hydrogen-bond acceptors (Lipinski definition) is 5. The molecule has 0 bridgehead atoms. The molecule has 0 spiro atoms. The fourth-order valence-electron chi connectivity index (χ4n) is 2.52. The molecule has 5 nitrogen and oxygen atoms in total. The van der Waals surface area contributed by atoms with Gasteiger partial charge in [-0.05, 0) is 43.8 Å². The number of methoxy groups -OCH3 is 1. The number of benzene rings is 1. The summed E-state index contributed by atoms with van der Waals surface area (Å²) in [5.41, 5.74) is 2.45. The maximum atomic E-state index is 12.4.